The highest BCUT2D eigenvalue weighted by molar-refractivity contribution is 5.85. The fourth-order valence-corrected chi connectivity index (χ4v) is 5.76. The van der Waals surface area contributed by atoms with Gasteiger partial charge in [0.2, 0.25) is 11.7 Å². The van der Waals surface area contributed by atoms with Crippen LogP contribution >= 0.6 is 0 Å². The second-order valence-corrected chi connectivity index (χ2v) is 11.1. The maximum Gasteiger partial charge on any atom is 0.250 e. The quantitative estimate of drug-likeness (QED) is 0.0944. The fraction of sp³-hybridized carbons (Fsp3) is 0.206. The predicted octanol–water partition coefficient (Wildman–Crippen LogP) is 3.49. The molecule has 0 radical (unpaired) electrons. The number of pyridine rings is 3. The molecular formula is C34H35N11O5. The smallest absolute Gasteiger partial charge is 0.250 e. The molecular weight excluding hydrogens is 642 g/mol. The molecule has 0 atom stereocenters. The van der Waals surface area contributed by atoms with Gasteiger partial charge in [-0.2, -0.15) is 5.26 Å². The van der Waals surface area contributed by atoms with Gasteiger partial charge in [0, 0.05) is 56.9 Å². The molecule has 0 saturated carbocycles. The molecule has 5 aromatic heterocycles. The van der Waals surface area contributed by atoms with E-state index >= 15 is 0 Å². The monoisotopic (exact) mass is 677 g/mol. The maximum atomic E-state index is 11.7. The van der Waals surface area contributed by atoms with Crippen molar-refractivity contribution in [2.24, 2.45) is 0 Å². The van der Waals surface area contributed by atoms with E-state index in [4.69, 9.17) is 36.6 Å². The highest BCUT2D eigenvalue weighted by Crippen LogP contribution is 2.33. The first kappa shape index (κ1) is 35.1. The summed E-state index contributed by atoms with van der Waals surface area (Å²) >= 11 is 0. The van der Waals surface area contributed by atoms with Gasteiger partial charge in [0.05, 0.1) is 16.8 Å². The van der Waals surface area contributed by atoms with E-state index < -0.39 is 5.56 Å². The number of piperidine rings is 1. The number of aromatic nitrogens is 7. The average Bonchev–Trinajstić information content (AvgIpc) is 3.53. The second kappa shape index (κ2) is 16.2. The Labute approximate surface area is 285 Å². The van der Waals surface area contributed by atoms with Gasteiger partial charge in [-0.15, -0.1) is 0 Å². The van der Waals surface area contributed by atoms with Crippen molar-refractivity contribution in [1.82, 2.24) is 39.4 Å². The lowest BCUT2D eigenvalue weighted by molar-refractivity contribution is -0.176. The standard InChI is InChI=1S/C33H29N11O2.CH4O.H2O2/c34-18-28-36-15-11-27(41-28)38-21-12-16-43(17-13-21)19-20-3-5-22(6-4-20)44-31(24-2-1-14-37-30(24)35)40-26-9-8-25(39-32(26)44)23-7-10-29(45)42-33(23)46;2*1-2/h1-11,14-15,21H,12-13,16-17,19H2,(H2,35,37)(H,36,38,41)(H2,42,45,46);2H,1H3;1-2H. The van der Waals surface area contributed by atoms with E-state index in [2.05, 4.69) is 42.3 Å². The number of hydrogen-bond donors (Lipinski definition) is 7. The zero-order valence-electron chi connectivity index (χ0n) is 27.0. The molecule has 16 nitrogen and oxygen atoms in total. The Bertz CT molecular complexity index is 2150. The number of hydrogen-bond acceptors (Lipinski definition) is 14. The van der Waals surface area contributed by atoms with E-state index in [9.17, 15) is 9.90 Å². The number of fused-ring (bicyclic) bond motifs is 1. The Hall–Kier alpha value is -6.25. The number of rotatable bonds is 7. The van der Waals surface area contributed by atoms with Crippen LogP contribution in [0.2, 0.25) is 0 Å². The van der Waals surface area contributed by atoms with Gasteiger partial charge in [-0.05, 0) is 66.9 Å². The first-order valence-electron chi connectivity index (χ1n) is 15.4. The van der Waals surface area contributed by atoms with Crippen LogP contribution in [0, 0.1) is 11.3 Å². The van der Waals surface area contributed by atoms with Gasteiger partial charge in [-0.3, -0.25) is 29.8 Å². The largest absolute Gasteiger partial charge is 0.494 e. The number of nitriles is 1. The molecule has 0 aliphatic carbocycles. The third kappa shape index (κ3) is 7.72. The minimum Gasteiger partial charge on any atom is -0.494 e. The van der Waals surface area contributed by atoms with Crippen LogP contribution in [-0.2, 0) is 6.54 Å². The molecule has 0 unspecified atom stereocenters. The van der Waals surface area contributed by atoms with Gasteiger partial charge in [-0.1, -0.05) is 12.1 Å². The second-order valence-electron chi connectivity index (χ2n) is 11.1. The lowest BCUT2D eigenvalue weighted by Gasteiger charge is -2.32. The summed E-state index contributed by atoms with van der Waals surface area (Å²) in [6, 6.07) is 22.5. The van der Waals surface area contributed by atoms with E-state index in [-0.39, 0.29) is 17.7 Å². The van der Waals surface area contributed by atoms with Crippen LogP contribution in [0.15, 0.2) is 83.9 Å². The van der Waals surface area contributed by atoms with Gasteiger partial charge in [0.25, 0.3) is 5.56 Å². The highest BCUT2D eigenvalue weighted by Gasteiger charge is 2.22. The number of aromatic amines is 1. The van der Waals surface area contributed by atoms with Gasteiger partial charge in [0.1, 0.15) is 23.2 Å². The van der Waals surface area contributed by atoms with Crippen molar-refractivity contribution in [2.75, 3.05) is 31.2 Å². The van der Waals surface area contributed by atoms with Gasteiger partial charge < -0.3 is 21.3 Å². The Balaban J connectivity index is 0.00000117. The number of anilines is 2. The number of nitrogen functional groups attached to an aromatic ring is 1. The summed E-state index contributed by atoms with van der Waals surface area (Å²) in [5.41, 5.74) is 10.6. The summed E-state index contributed by atoms with van der Waals surface area (Å²) in [7, 11) is 1.00. The van der Waals surface area contributed by atoms with Crippen LogP contribution < -0.4 is 16.6 Å². The Kier molecular flexibility index (Phi) is 11.4. The molecule has 6 aromatic rings. The summed E-state index contributed by atoms with van der Waals surface area (Å²) in [4.78, 5) is 38.7. The number of aliphatic hydroxyl groups excluding tert-OH is 1. The zero-order chi connectivity index (χ0) is 35.6. The van der Waals surface area contributed by atoms with Crippen LogP contribution in [0.25, 0.3) is 39.5 Å². The first-order valence-corrected chi connectivity index (χ1v) is 15.4. The van der Waals surface area contributed by atoms with E-state index in [1.807, 2.05) is 41.0 Å². The molecule has 6 heterocycles. The Morgan fingerprint density at radius 2 is 1.70 bits per heavy atom. The van der Waals surface area contributed by atoms with Crippen LogP contribution in [0.4, 0.5) is 11.6 Å². The number of H-pyrrole nitrogens is 1. The number of nitrogens with one attached hydrogen (secondary N) is 2. The highest BCUT2D eigenvalue weighted by atomic mass is 17.0. The third-order valence-corrected chi connectivity index (χ3v) is 8.05. The molecule has 8 N–H and O–H groups in total. The number of aliphatic hydroxyl groups is 1. The molecule has 7 rings (SSSR count). The molecule has 1 fully saturated rings. The molecule has 1 aromatic carbocycles. The van der Waals surface area contributed by atoms with Crippen molar-refractivity contribution in [1.29, 1.82) is 5.26 Å². The summed E-state index contributed by atoms with van der Waals surface area (Å²) in [6.45, 7) is 2.66. The van der Waals surface area contributed by atoms with Crippen molar-refractivity contribution in [2.45, 2.75) is 25.4 Å². The van der Waals surface area contributed by atoms with E-state index in [1.54, 1.807) is 24.5 Å². The SMILES string of the molecule is CO.N#Cc1nccc(NC2CCN(Cc3ccc(-n4c(-c5cccnc5N)nc5ccc(-c6ccc(=O)[nH]c6O)nc54)cc3)CC2)n1.OO. The Morgan fingerprint density at radius 1 is 0.940 bits per heavy atom. The van der Waals surface area contributed by atoms with E-state index in [0.717, 1.165) is 45.3 Å². The number of likely N-dealkylation sites (tertiary alicyclic amines) is 1. The van der Waals surface area contributed by atoms with E-state index in [0.29, 0.717) is 45.4 Å². The minimum absolute atomic E-state index is 0.162. The molecule has 1 aliphatic heterocycles. The van der Waals surface area contributed by atoms with Gasteiger partial charge >= 0.3 is 0 Å². The predicted molar refractivity (Wildman–Crippen MR) is 186 cm³/mol. The number of benzene rings is 1. The first-order chi connectivity index (χ1) is 24.4. The van der Waals surface area contributed by atoms with Crippen LogP contribution in [0.3, 0.4) is 0 Å². The average molecular weight is 678 g/mol. The van der Waals surface area contributed by atoms with Crippen LogP contribution in [0.1, 0.15) is 24.2 Å². The molecule has 1 saturated heterocycles. The summed E-state index contributed by atoms with van der Waals surface area (Å²) in [5.74, 6) is 1.52. The molecule has 1 aliphatic rings. The van der Waals surface area contributed by atoms with Crippen molar-refractivity contribution < 1.29 is 20.7 Å². The summed E-state index contributed by atoms with van der Waals surface area (Å²) in [6.07, 6.45) is 5.15. The molecule has 256 valence electrons. The fourth-order valence-electron chi connectivity index (χ4n) is 5.76. The van der Waals surface area contributed by atoms with Crippen LogP contribution in [0.5, 0.6) is 5.88 Å². The van der Waals surface area contributed by atoms with E-state index in [1.165, 1.54) is 17.7 Å². The topological polar surface area (TPSA) is 248 Å². The van der Waals surface area contributed by atoms with Crippen molar-refractivity contribution in [3.63, 3.8) is 0 Å². The number of imidazole rings is 1. The third-order valence-electron chi connectivity index (χ3n) is 8.05. The van der Waals surface area contributed by atoms with Gasteiger partial charge in [-0.25, -0.2) is 24.9 Å². The summed E-state index contributed by atoms with van der Waals surface area (Å²) < 4.78 is 1.93. The number of aromatic hydroxyl groups is 1. The normalized spacial score (nSPS) is 13.0. The minimum atomic E-state index is -0.403. The van der Waals surface area contributed by atoms with Crippen LogP contribution in [-0.4, -0.2) is 86.3 Å². The molecule has 0 bridgehead atoms. The van der Waals surface area contributed by atoms with Crippen molar-refractivity contribution in [3.8, 4) is 40.3 Å². The number of nitrogens with zero attached hydrogens (tertiary/aromatic N) is 8. The zero-order valence-corrected chi connectivity index (χ0v) is 27.0. The Morgan fingerprint density at radius 3 is 2.40 bits per heavy atom. The van der Waals surface area contributed by atoms with Crippen molar-refractivity contribution in [3.05, 3.63) is 101 Å². The molecule has 0 spiro atoms. The lowest BCUT2D eigenvalue weighted by Crippen LogP contribution is -2.38. The maximum absolute atomic E-state index is 11.7. The molecule has 50 heavy (non-hydrogen) atoms. The number of nitrogens with two attached hydrogens (primary N) is 1. The summed E-state index contributed by atoms with van der Waals surface area (Å²) in [5, 5.41) is 41.9. The van der Waals surface area contributed by atoms with Gasteiger partial charge in [0.15, 0.2) is 11.5 Å². The molecule has 16 heteroatoms. The lowest BCUT2D eigenvalue weighted by atomic mass is 10.0. The molecule has 0 amide bonds. The van der Waals surface area contributed by atoms with Crippen molar-refractivity contribution >= 4 is 22.8 Å².